The largest absolute Gasteiger partial charge is 0.416 e. The van der Waals surface area contributed by atoms with Crippen LogP contribution in [0.15, 0.2) is 48.5 Å². The molecule has 26 heavy (non-hydrogen) atoms. The molecule has 136 valence electrons. The maximum Gasteiger partial charge on any atom is 0.416 e. The van der Waals surface area contributed by atoms with Gasteiger partial charge in [0, 0.05) is 23.6 Å². The number of rotatable bonds is 3. The van der Waals surface area contributed by atoms with Crippen LogP contribution in [0.4, 0.5) is 18.9 Å². The van der Waals surface area contributed by atoms with Gasteiger partial charge in [0.15, 0.2) is 0 Å². The molecular weight excluding hydrogens is 343 g/mol. The lowest BCUT2D eigenvalue weighted by atomic mass is 9.82. The first-order valence-electron chi connectivity index (χ1n) is 8.46. The summed E-state index contributed by atoms with van der Waals surface area (Å²) in [6.07, 6.45) is -1.33. The maximum atomic E-state index is 12.6. The van der Waals surface area contributed by atoms with Gasteiger partial charge >= 0.3 is 6.18 Å². The fourth-order valence-corrected chi connectivity index (χ4v) is 3.23. The number of ketones is 1. The van der Waals surface area contributed by atoms with Crippen molar-refractivity contribution in [1.82, 2.24) is 0 Å². The van der Waals surface area contributed by atoms with E-state index in [0.717, 1.165) is 49.1 Å². The summed E-state index contributed by atoms with van der Waals surface area (Å²) in [4.78, 5) is 24.6. The normalized spacial score (nSPS) is 17.8. The van der Waals surface area contributed by atoms with E-state index in [9.17, 15) is 22.8 Å². The predicted molar refractivity (Wildman–Crippen MR) is 92.1 cm³/mol. The number of halogens is 3. The smallest absolute Gasteiger partial charge is 0.322 e. The molecule has 0 saturated heterocycles. The number of nitrogens with one attached hydrogen (secondary N) is 1. The van der Waals surface area contributed by atoms with Gasteiger partial charge < -0.3 is 5.32 Å². The molecule has 2 aromatic carbocycles. The summed E-state index contributed by atoms with van der Waals surface area (Å²) in [7, 11) is 0. The summed E-state index contributed by atoms with van der Waals surface area (Å²) in [6, 6.07) is 11.1. The second-order valence-corrected chi connectivity index (χ2v) is 6.38. The van der Waals surface area contributed by atoms with Gasteiger partial charge in [-0.25, -0.2) is 0 Å². The van der Waals surface area contributed by atoms with Crippen molar-refractivity contribution in [2.24, 2.45) is 0 Å². The highest BCUT2D eigenvalue weighted by atomic mass is 19.4. The zero-order chi connectivity index (χ0) is 18.7. The van der Waals surface area contributed by atoms with Gasteiger partial charge in [-0.05, 0) is 48.7 Å². The predicted octanol–water partition coefficient (Wildman–Crippen LogP) is 5.18. The molecule has 0 bridgehead atoms. The third-order valence-electron chi connectivity index (χ3n) is 4.61. The van der Waals surface area contributed by atoms with E-state index >= 15 is 0 Å². The minimum atomic E-state index is -4.44. The molecule has 1 N–H and O–H groups in total. The Morgan fingerprint density at radius 1 is 1.00 bits per heavy atom. The van der Waals surface area contributed by atoms with E-state index < -0.39 is 17.6 Å². The summed E-state index contributed by atoms with van der Waals surface area (Å²) in [6.45, 7) is 0. The van der Waals surface area contributed by atoms with E-state index in [4.69, 9.17) is 0 Å². The van der Waals surface area contributed by atoms with Gasteiger partial charge in [-0.2, -0.15) is 13.2 Å². The lowest BCUT2D eigenvalue weighted by Crippen LogP contribution is -2.20. The second-order valence-electron chi connectivity index (χ2n) is 6.38. The number of carbonyl (C=O) groups is 2. The number of anilines is 1. The Kier molecular flexibility index (Phi) is 5.11. The van der Waals surface area contributed by atoms with Crippen molar-refractivity contribution in [3.63, 3.8) is 0 Å². The topological polar surface area (TPSA) is 46.2 Å². The van der Waals surface area contributed by atoms with Crippen molar-refractivity contribution in [3.05, 3.63) is 65.2 Å². The summed E-state index contributed by atoms with van der Waals surface area (Å²) >= 11 is 0. The Labute approximate surface area is 149 Å². The molecule has 3 nitrogen and oxygen atoms in total. The second kappa shape index (κ2) is 7.32. The zero-order valence-electron chi connectivity index (χ0n) is 14.0. The molecule has 1 fully saturated rings. The Morgan fingerprint density at radius 3 is 2.35 bits per heavy atom. The molecule has 1 saturated carbocycles. The molecule has 0 radical (unpaired) electrons. The molecule has 2 aromatic rings. The monoisotopic (exact) mass is 361 g/mol. The number of para-hydroxylation sites is 1. The van der Waals surface area contributed by atoms with Crippen molar-refractivity contribution in [3.8, 4) is 0 Å². The Hall–Kier alpha value is -2.63. The SMILES string of the molecule is O=C(Nc1ccccc1C1CCCCC1=O)c1ccc(C(F)(F)F)cc1. The number of hydrogen-bond acceptors (Lipinski definition) is 2. The van der Waals surface area contributed by atoms with Crippen molar-refractivity contribution < 1.29 is 22.8 Å². The van der Waals surface area contributed by atoms with Crippen LogP contribution in [0.5, 0.6) is 0 Å². The van der Waals surface area contributed by atoms with E-state index in [1.54, 1.807) is 12.1 Å². The number of benzene rings is 2. The third-order valence-corrected chi connectivity index (χ3v) is 4.61. The number of Topliss-reactive ketones (excluding diaryl/α,β-unsaturated/α-hetero) is 1. The van der Waals surface area contributed by atoms with Crippen molar-refractivity contribution >= 4 is 17.4 Å². The Bertz CT molecular complexity index is 813. The van der Waals surface area contributed by atoms with Crippen LogP contribution in [0, 0.1) is 0 Å². The highest BCUT2D eigenvalue weighted by Crippen LogP contribution is 2.34. The van der Waals surface area contributed by atoms with E-state index in [1.165, 1.54) is 0 Å². The Balaban J connectivity index is 1.81. The van der Waals surface area contributed by atoms with Gasteiger partial charge in [-0.1, -0.05) is 24.6 Å². The molecule has 0 aromatic heterocycles. The molecule has 6 heteroatoms. The average Bonchev–Trinajstić information content (AvgIpc) is 2.62. The highest BCUT2D eigenvalue weighted by molar-refractivity contribution is 6.05. The summed E-state index contributed by atoms with van der Waals surface area (Å²) in [5.74, 6) is -0.588. The fraction of sp³-hybridized carbons (Fsp3) is 0.300. The van der Waals surface area contributed by atoms with E-state index in [1.807, 2.05) is 12.1 Å². The molecule has 1 unspecified atom stereocenters. The zero-order valence-corrected chi connectivity index (χ0v) is 14.0. The number of hydrogen-bond donors (Lipinski definition) is 1. The van der Waals surface area contributed by atoms with Crippen LogP contribution in [0.1, 0.15) is 53.1 Å². The van der Waals surface area contributed by atoms with Crippen molar-refractivity contribution in [1.29, 1.82) is 0 Å². The van der Waals surface area contributed by atoms with Gasteiger partial charge in [-0.15, -0.1) is 0 Å². The molecule has 0 spiro atoms. The van der Waals surface area contributed by atoms with Crippen LogP contribution >= 0.6 is 0 Å². The molecule has 1 aliphatic rings. The molecule has 3 rings (SSSR count). The maximum absolute atomic E-state index is 12.6. The minimum Gasteiger partial charge on any atom is -0.322 e. The molecule has 0 aliphatic heterocycles. The molecule has 1 atom stereocenters. The summed E-state index contributed by atoms with van der Waals surface area (Å²) < 4.78 is 37.9. The van der Waals surface area contributed by atoms with Crippen LogP contribution in [0.3, 0.4) is 0 Å². The van der Waals surface area contributed by atoms with Crippen LogP contribution in [-0.2, 0) is 11.0 Å². The first-order valence-corrected chi connectivity index (χ1v) is 8.46. The lowest BCUT2D eigenvalue weighted by molar-refractivity contribution is -0.137. The van der Waals surface area contributed by atoms with Crippen molar-refractivity contribution in [2.75, 3.05) is 5.32 Å². The van der Waals surface area contributed by atoms with Gasteiger partial charge in [0.1, 0.15) is 5.78 Å². The third kappa shape index (κ3) is 3.95. The summed E-state index contributed by atoms with van der Waals surface area (Å²) in [5.41, 5.74) is 0.611. The molecule has 1 aliphatic carbocycles. The van der Waals surface area contributed by atoms with Crippen LogP contribution in [0.25, 0.3) is 0 Å². The molecular formula is C20H18F3NO2. The van der Waals surface area contributed by atoms with E-state index in [-0.39, 0.29) is 17.3 Å². The first-order chi connectivity index (χ1) is 12.4. The quantitative estimate of drug-likeness (QED) is 0.818. The number of amides is 1. The molecule has 0 heterocycles. The average molecular weight is 361 g/mol. The van der Waals surface area contributed by atoms with Gasteiger partial charge in [0.05, 0.1) is 5.56 Å². The lowest BCUT2D eigenvalue weighted by Gasteiger charge is -2.23. The fourth-order valence-electron chi connectivity index (χ4n) is 3.23. The van der Waals surface area contributed by atoms with E-state index in [2.05, 4.69) is 5.32 Å². The van der Waals surface area contributed by atoms with Crippen LogP contribution in [0.2, 0.25) is 0 Å². The van der Waals surface area contributed by atoms with Crippen molar-refractivity contribution in [2.45, 2.75) is 37.8 Å². The van der Waals surface area contributed by atoms with Gasteiger partial charge in [0.25, 0.3) is 5.91 Å². The Morgan fingerprint density at radius 2 is 1.69 bits per heavy atom. The van der Waals surface area contributed by atoms with Crippen LogP contribution < -0.4 is 5.32 Å². The highest BCUT2D eigenvalue weighted by Gasteiger charge is 2.30. The van der Waals surface area contributed by atoms with Gasteiger partial charge in [0.2, 0.25) is 0 Å². The van der Waals surface area contributed by atoms with E-state index in [0.29, 0.717) is 12.1 Å². The number of alkyl halides is 3. The van der Waals surface area contributed by atoms with Gasteiger partial charge in [-0.3, -0.25) is 9.59 Å². The molecule has 1 amide bonds. The van der Waals surface area contributed by atoms with Crippen LogP contribution in [-0.4, -0.2) is 11.7 Å². The minimum absolute atomic E-state index is 0.128. The summed E-state index contributed by atoms with van der Waals surface area (Å²) in [5, 5.41) is 2.73. The standard InChI is InChI=1S/C20H18F3NO2/c21-20(22,23)14-11-9-13(10-12-14)19(26)24-17-7-3-1-5-15(17)16-6-2-4-8-18(16)25/h1,3,5,7,9-12,16H,2,4,6,8H2,(H,24,26). The number of carbonyl (C=O) groups excluding carboxylic acids is 2. The first kappa shape index (κ1) is 18.2.